The molecule has 3 N–H and O–H groups in total. The second kappa shape index (κ2) is 7.09. The third-order valence-electron chi connectivity index (χ3n) is 9.48. The van der Waals surface area contributed by atoms with E-state index < -0.39 is 0 Å². The molecule has 4 aliphatic carbocycles. The molecule has 4 fully saturated rings. The van der Waals surface area contributed by atoms with Gasteiger partial charge in [0, 0.05) is 11.8 Å². The Balaban J connectivity index is 1.72. The maximum absolute atomic E-state index is 12.4. The van der Waals surface area contributed by atoms with Crippen molar-refractivity contribution < 1.29 is 19.4 Å². The lowest BCUT2D eigenvalue weighted by atomic mass is 9.43. The van der Waals surface area contributed by atoms with Crippen LogP contribution in [0.1, 0.15) is 72.1 Å². The van der Waals surface area contributed by atoms with E-state index in [0.717, 1.165) is 51.4 Å². The highest BCUT2D eigenvalue weighted by Gasteiger charge is 2.64. The zero-order valence-corrected chi connectivity index (χ0v) is 17.7. The number of rotatable bonds is 3. The van der Waals surface area contributed by atoms with Crippen LogP contribution in [-0.4, -0.2) is 35.6 Å². The number of carbonyl (C=O) groups excluding carboxylic acids is 2. The number of carbonyl (C=O) groups is 2. The van der Waals surface area contributed by atoms with Crippen LogP contribution >= 0.6 is 0 Å². The van der Waals surface area contributed by atoms with E-state index in [9.17, 15) is 14.7 Å². The molecule has 5 heteroatoms. The molecule has 4 aliphatic rings. The van der Waals surface area contributed by atoms with Crippen LogP contribution in [0.15, 0.2) is 0 Å². The van der Waals surface area contributed by atoms with Gasteiger partial charge in [-0.05, 0) is 86.9 Å². The predicted octanol–water partition coefficient (Wildman–Crippen LogP) is 3.08. The minimum Gasteiger partial charge on any atom is -0.461 e. The van der Waals surface area contributed by atoms with Gasteiger partial charge in [0.25, 0.3) is 0 Å². The third kappa shape index (κ3) is 2.96. The van der Waals surface area contributed by atoms with Gasteiger partial charge in [-0.1, -0.05) is 13.8 Å². The topological polar surface area (TPSA) is 89.6 Å². The monoisotopic (exact) mass is 391 g/mol. The van der Waals surface area contributed by atoms with Gasteiger partial charge in [-0.15, -0.1) is 0 Å². The van der Waals surface area contributed by atoms with Crippen LogP contribution in [0.2, 0.25) is 0 Å². The van der Waals surface area contributed by atoms with Crippen LogP contribution in [0.3, 0.4) is 0 Å². The first kappa shape index (κ1) is 20.3. The maximum Gasteiger partial charge on any atom is 0.319 e. The Morgan fingerprint density at radius 3 is 2.54 bits per heavy atom. The number of nitrogens with two attached hydrogens (primary N) is 1. The SMILES string of the molecule is CC(=O)[C@H]1CC[C@H]2[C@@H]3CCC4CC(O)CC[C@]4(C)[C@H]3C(OC(=O)CN)C[C@]12C. The molecule has 0 radical (unpaired) electrons. The largest absolute Gasteiger partial charge is 0.461 e. The van der Waals surface area contributed by atoms with Gasteiger partial charge in [-0.3, -0.25) is 9.59 Å². The third-order valence-corrected chi connectivity index (χ3v) is 9.48. The van der Waals surface area contributed by atoms with Crippen LogP contribution in [0.5, 0.6) is 0 Å². The molecule has 0 aromatic heterocycles. The standard InChI is InChI=1S/C23H37NO4/c1-13(25)17-6-7-18-16-5-4-14-10-15(26)8-9-22(14,2)21(16)19(11-23(17,18)3)28-20(27)12-24/h14-19,21,26H,4-12,24H2,1-3H3/t14?,15?,16-,17+,18-,19?,21+,22-,23+/m0/s1. The number of aliphatic hydroxyl groups excluding tert-OH is 1. The number of hydrogen-bond donors (Lipinski definition) is 2. The molecule has 5 nitrogen and oxygen atoms in total. The van der Waals surface area contributed by atoms with Crippen molar-refractivity contribution in [2.75, 3.05) is 6.54 Å². The summed E-state index contributed by atoms with van der Waals surface area (Å²) in [5.74, 6) is 1.87. The Hall–Kier alpha value is -0.940. The molecule has 0 bridgehead atoms. The van der Waals surface area contributed by atoms with Crippen LogP contribution < -0.4 is 5.73 Å². The van der Waals surface area contributed by atoms with Gasteiger partial charge < -0.3 is 15.6 Å². The van der Waals surface area contributed by atoms with Crippen molar-refractivity contribution in [3.8, 4) is 0 Å². The molecule has 0 aromatic carbocycles. The van der Waals surface area contributed by atoms with E-state index in [-0.39, 0.29) is 47.3 Å². The van der Waals surface area contributed by atoms with Crippen LogP contribution in [0.4, 0.5) is 0 Å². The van der Waals surface area contributed by atoms with Gasteiger partial charge in [0.2, 0.25) is 0 Å². The van der Waals surface area contributed by atoms with Crippen molar-refractivity contribution in [3.05, 3.63) is 0 Å². The van der Waals surface area contributed by atoms with Crippen molar-refractivity contribution in [2.45, 2.75) is 84.3 Å². The fourth-order valence-corrected chi connectivity index (χ4v) is 8.32. The Labute approximate surface area is 168 Å². The summed E-state index contributed by atoms with van der Waals surface area (Å²) >= 11 is 0. The molecule has 0 aliphatic heterocycles. The number of Topliss-reactive ketones (excluding diaryl/α,β-unsaturated/α-hetero) is 1. The number of ether oxygens (including phenoxy) is 1. The fourth-order valence-electron chi connectivity index (χ4n) is 8.32. The second-order valence-electron chi connectivity index (χ2n) is 10.7. The van der Waals surface area contributed by atoms with E-state index in [1.807, 2.05) is 0 Å². The normalized spacial score (nSPS) is 50.2. The predicted molar refractivity (Wildman–Crippen MR) is 106 cm³/mol. The molecule has 0 amide bonds. The molecule has 0 aromatic rings. The lowest BCUT2D eigenvalue weighted by molar-refractivity contribution is -0.198. The van der Waals surface area contributed by atoms with Crippen molar-refractivity contribution in [2.24, 2.45) is 46.2 Å². The summed E-state index contributed by atoms with van der Waals surface area (Å²) in [4.78, 5) is 24.7. The average Bonchev–Trinajstić information content (AvgIpc) is 2.98. The quantitative estimate of drug-likeness (QED) is 0.722. The van der Waals surface area contributed by atoms with Gasteiger partial charge in [-0.25, -0.2) is 0 Å². The van der Waals surface area contributed by atoms with E-state index in [4.69, 9.17) is 10.5 Å². The maximum atomic E-state index is 12.4. The second-order valence-corrected chi connectivity index (χ2v) is 10.7. The van der Waals surface area contributed by atoms with Crippen LogP contribution in [0, 0.1) is 40.4 Å². The van der Waals surface area contributed by atoms with Gasteiger partial charge in [0.15, 0.2) is 0 Å². The molecular formula is C23H37NO4. The van der Waals surface area contributed by atoms with E-state index >= 15 is 0 Å². The molecule has 0 heterocycles. The van der Waals surface area contributed by atoms with Crippen molar-refractivity contribution in [3.63, 3.8) is 0 Å². The molecule has 28 heavy (non-hydrogen) atoms. The number of hydrogen-bond acceptors (Lipinski definition) is 5. The first-order chi connectivity index (χ1) is 13.2. The Morgan fingerprint density at radius 1 is 1.11 bits per heavy atom. The van der Waals surface area contributed by atoms with Gasteiger partial charge >= 0.3 is 5.97 Å². The minimum atomic E-state index is -0.329. The van der Waals surface area contributed by atoms with Crippen molar-refractivity contribution in [1.82, 2.24) is 0 Å². The summed E-state index contributed by atoms with van der Waals surface area (Å²) in [6.45, 7) is 6.29. The Morgan fingerprint density at radius 2 is 1.86 bits per heavy atom. The lowest BCUT2D eigenvalue weighted by Crippen LogP contribution is -2.60. The van der Waals surface area contributed by atoms with Crippen molar-refractivity contribution >= 4 is 11.8 Å². The molecule has 4 saturated carbocycles. The molecule has 4 rings (SSSR count). The molecular weight excluding hydrogens is 354 g/mol. The van der Waals surface area contributed by atoms with Gasteiger partial charge in [0.1, 0.15) is 11.9 Å². The van der Waals surface area contributed by atoms with E-state index in [1.54, 1.807) is 6.92 Å². The molecule has 3 unspecified atom stereocenters. The summed E-state index contributed by atoms with van der Waals surface area (Å²) in [6, 6.07) is 0. The summed E-state index contributed by atoms with van der Waals surface area (Å²) < 4.78 is 6.01. The van der Waals surface area contributed by atoms with Crippen LogP contribution in [0.25, 0.3) is 0 Å². The first-order valence-electron chi connectivity index (χ1n) is 11.3. The molecule has 0 spiro atoms. The summed E-state index contributed by atoms with van der Waals surface area (Å²) in [6.07, 6.45) is 7.48. The average molecular weight is 392 g/mol. The van der Waals surface area contributed by atoms with Crippen molar-refractivity contribution in [1.29, 1.82) is 0 Å². The van der Waals surface area contributed by atoms with Crippen LogP contribution in [-0.2, 0) is 14.3 Å². The van der Waals surface area contributed by atoms with E-state index in [0.29, 0.717) is 23.7 Å². The summed E-state index contributed by atoms with van der Waals surface area (Å²) in [5, 5.41) is 10.3. The molecule has 158 valence electrons. The zero-order valence-electron chi connectivity index (χ0n) is 17.7. The number of esters is 1. The van der Waals surface area contributed by atoms with Gasteiger partial charge in [-0.2, -0.15) is 0 Å². The highest BCUT2D eigenvalue weighted by molar-refractivity contribution is 5.79. The zero-order chi connectivity index (χ0) is 20.3. The molecule has 9 atom stereocenters. The fraction of sp³-hybridized carbons (Fsp3) is 0.913. The summed E-state index contributed by atoms with van der Waals surface area (Å²) in [7, 11) is 0. The smallest absolute Gasteiger partial charge is 0.319 e. The van der Waals surface area contributed by atoms with Gasteiger partial charge in [0.05, 0.1) is 12.6 Å². The summed E-state index contributed by atoms with van der Waals surface area (Å²) in [5.41, 5.74) is 5.61. The van der Waals surface area contributed by atoms with E-state index in [1.165, 1.54) is 0 Å². The first-order valence-corrected chi connectivity index (χ1v) is 11.3. The Bertz CT molecular complexity index is 651. The highest BCUT2D eigenvalue weighted by atomic mass is 16.5. The number of fused-ring (bicyclic) bond motifs is 5. The molecule has 0 saturated heterocycles. The number of ketones is 1. The number of aliphatic hydroxyl groups is 1. The highest BCUT2D eigenvalue weighted by Crippen LogP contribution is 2.68. The Kier molecular flexibility index (Phi) is 5.15. The minimum absolute atomic E-state index is 0.0794. The van der Waals surface area contributed by atoms with E-state index in [2.05, 4.69) is 13.8 Å². The lowest BCUT2D eigenvalue weighted by Gasteiger charge is -2.62.